The minimum Gasteiger partial charge on any atom is -0.462 e. The Morgan fingerprint density at radius 2 is 1.70 bits per heavy atom. The summed E-state index contributed by atoms with van der Waals surface area (Å²) in [5.74, 6) is -1.03. The monoisotopic (exact) mass is 507 g/mol. The van der Waals surface area contributed by atoms with Crippen molar-refractivity contribution in [3.63, 3.8) is 0 Å². The van der Waals surface area contributed by atoms with Crippen LogP contribution in [0.2, 0.25) is 5.02 Å². The van der Waals surface area contributed by atoms with Crippen molar-refractivity contribution >= 4 is 81.3 Å². The summed E-state index contributed by atoms with van der Waals surface area (Å²) in [7, 11) is 0. The quantitative estimate of drug-likeness (QED) is 0.222. The van der Waals surface area contributed by atoms with Gasteiger partial charge in [0.25, 0.3) is 5.91 Å². The normalized spacial score (nSPS) is 11.9. The molecule has 0 aliphatic rings. The van der Waals surface area contributed by atoms with Crippen molar-refractivity contribution in [1.29, 1.82) is 0 Å². The molecule has 0 aliphatic heterocycles. The zero-order chi connectivity index (χ0) is 22.3. The molecular formula is C19H17Cl4N3O3S. The Morgan fingerprint density at radius 1 is 1.07 bits per heavy atom. The van der Waals surface area contributed by atoms with Gasteiger partial charge in [-0.05, 0) is 55.5 Å². The van der Waals surface area contributed by atoms with Crippen LogP contribution in [0.15, 0.2) is 48.5 Å². The van der Waals surface area contributed by atoms with Crippen molar-refractivity contribution in [1.82, 2.24) is 10.6 Å². The minimum atomic E-state index is -1.94. The highest BCUT2D eigenvalue weighted by Gasteiger charge is 2.35. The van der Waals surface area contributed by atoms with E-state index in [2.05, 4.69) is 16.0 Å². The average molecular weight is 509 g/mol. The van der Waals surface area contributed by atoms with Crippen LogP contribution in [-0.2, 0) is 4.74 Å². The average Bonchev–Trinajstić information content (AvgIpc) is 2.67. The van der Waals surface area contributed by atoms with E-state index in [4.69, 9.17) is 63.4 Å². The van der Waals surface area contributed by atoms with Gasteiger partial charge in [-0.15, -0.1) is 0 Å². The number of nitrogens with one attached hydrogen (secondary N) is 3. The van der Waals surface area contributed by atoms with Gasteiger partial charge < -0.3 is 20.7 Å². The second-order valence-electron chi connectivity index (χ2n) is 5.82. The van der Waals surface area contributed by atoms with Gasteiger partial charge in [0.15, 0.2) is 5.11 Å². The molecule has 0 saturated heterocycles. The molecule has 2 aromatic rings. The van der Waals surface area contributed by atoms with Crippen LogP contribution in [-0.4, -0.2) is 33.6 Å². The Kier molecular flexibility index (Phi) is 9.00. The summed E-state index contributed by atoms with van der Waals surface area (Å²) in [6.45, 7) is 1.93. The number of benzene rings is 2. The van der Waals surface area contributed by atoms with Crippen molar-refractivity contribution in [3.05, 3.63) is 64.7 Å². The van der Waals surface area contributed by atoms with Crippen molar-refractivity contribution in [2.45, 2.75) is 16.9 Å². The summed E-state index contributed by atoms with van der Waals surface area (Å²) >= 11 is 29.1. The van der Waals surface area contributed by atoms with E-state index < -0.39 is 21.8 Å². The molecule has 1 atom stereocenters. The first-order chi connectivity index (χ1) is 14.1. The molecule has 1 unspecified atom stereocenters. The first-order valence-corrected chi connectivity index (χ1v) is 10.5. The van der Waals surface area contributed by atoms with E-state index in [1.807, 2.05) is 0 Å². The van der Waals surface area contributed by atoms with Gasteiger partial charge in [-0.1, -0.05) is 58.5 Å². The Balaban J connectivity index is 2.12. The molecule has 6 nitrogen and oxygen atoms in total. The first-order valence-electron chi connectivity index (χ1n) is 8.58. The summed E-state index contributed by atoms with van der Waals surface area (Å²) < 4.78 is 3.09. The maximum atomic E-state index is 12.5. The van der Waals surface area contributed by atoms with Gasteiger partial charge in [0, 0.05) is 10.6 Å². The van der Waals surface area contributed by atoms with E-state index in [-0.39, 0.29) is 17.3 Å². The van der Waals surface area contributed by atoms with Gasteiger partial charge >= 0.3 is 5.97 Å². The topological polar surface area (TPSA) is 79.5 Å². The smallest absolute Gasteiger partial charge is 0.340 e. The zero-order valence-electron chi connectivity index (χ0n) is 15.5. The fourth-order valence-corrected chi connectivity index (χ4v) is 2.97. The SMILES string of the molecule is CCOC(=O)c1ccccc1NC(=S)NC(NC(=O)c1ccc(Cl)cc1)C(Cl)(Cl)Cl. The molecule has 0 bridgehead atoms. The number of esters is 1. The molecule has 1 amide bonds. The van der Waals surface area contributed by atoms with Crippen LogP contribution in [0.5, 0.6) is 0 Å². The predicted molar refractivity (Wildman–Crippen MR) is 125 cm³/mol. The summed E-state index contributed by atoms with van der Waals surface area (Å²) in [6.07, 6.45) is -1.18. The largest absolute Gasteiger partial charge is 0.462 e. The molecule has 0 saturated carbocycles. The van der Waals surface area contributed by atoms with E-state index in [1.54, 1.807) is 43.3 Å². The third kappa shape index (κ3) is 7.18. The van der Waals surface area contributed by atoms with E-state index >= 15 is 0 Å². The third-order valence-electron chi connectivity index (χ3n) is 3.66. The Hall–Kier alpha value is -1.77. The third-order valence-corrected chi connectivity index (χ3v) is 4.78. The summed E-state index contributed by atoms with van der Waals surface area (Å²) in [5.41, 5.74) is 0.978. The summed E-state index contributed by atoms with van der Waals surface area (Å²) in [4.78, 5) is 24.6. The number of amides is 1. The number of ether oxygens (including phenoxy) is 1. The highest BCUT2D eigenvalue weighted by atomic mass is 35.6. The van der Waals surface area contributed by atoms with E-state index in [1.165, 1.54) is 12.1 Å². The van der Waals surface area contributed by atoms with Crippen LogP contribution in [0.4, 0.5) is 5.69 Å². The van der Waals surface area contributed by atoms with Crippen molar-refractivity contribution < 1.29 is 14.3 Å². The molecule has 2 rings (SSSR count). The fourth-order valence-electron chi connectivity index (χ4n) is 2.28. The highest BCUT2D eigenvalue weighted by Crippen LogP contribution is 2.29. The zero-order valence-corrected chi connectivity index (χ0v) is 19.4. The number of hydrogen-bond acceptors (Lipinski definition) is 4. The highest BCUT2D eigenvalue weighted by molar-refractivity contribution is 7.80. The number of para-hydroxylation sites is 1. The molecule has 0 radical (unpaired) electrons. The van der Waals surface area contributed by atoms with Crippen LogP contribution < -0.4 is 16.0 Å². The number of anilines is 1. The molecule has 0 aromatic heterocycles. The molecule has 0 fully saturated rings. The Morgan fingerprint density at radius 3 is 2.30 bits per heavy atom. The fraction of sp³-hybridized carbons (Fsp3) is 0.211. The lowest BCUT2D eigenvalue weighted by Crippen LogP contribution is -2.56. The Labute approximate surface area is 199 Å². The first kappa shape index (κ1) is 24.5. The van der Waals surface area contributed by atoms with Crippen LogP contribution in [0, 0.1) is 0 Å². The lowest BCUT2D eigenvalue weighted by atomic mass is 10.2. The van der Waals surface area contributed by atoms with E-state index in [9.17, 15) is 9.59 Å². The molecule has 0 aliphatic carbocycles. The molecule has 0 heterocycles. The van der Waals surface area contributed by atoms with Crippen molar-refractivity contribution in [2.75, 3.05) is 11.9 Å². The van der Waals surface area contributed by atoms with Crippen LogP contribution >= 0.6 is 58.6 Å². The minimum absolute atomic E-state index is 0.0134. The number of halogens is 4. The molecule has 11 heteroatoms. The number of thiocarbonyl (C=S) groups is 1. The van der Waals surface area contributed by atoms with Gasteiger partial charge in [0.05, 0.1) is 17.9 Å². The number of rotatable bonds is 6. The molecular weight excluding hydrogens is 492 g/mol. The van der Waals surface area contributed by atoms with Gasteiger partial charge in [0.2, 0.25) is 3.79 Å². The van der Waals surface area contributed by atoms with Crippen molar-refractivity contribution in [3.8, 4) is 0 Å². The maximum Gasteiger partial charge on any atom is 0.340 e. The lowest BCUT2D eigenvalue weighted by Gasteiger charge is -2.28. The summed E-state index contributed by atoms with van der Waals surface area (Å²) in [6, 6.07) is 12.8. The second-order valence-corrected chi connectivity index (χ2v) is 9.03. The maximum absolute atomic E-state index is 12.5. The van der Waals surface area contributed by atoms with E-state index in [0.717, 1.165) is 0 Å². The molecule has 2 aromatic carbocycles. The second kappa shape index (κ2) is 11.0. The molecule has 30 heavy (non-hydrogen) atoms. The number of carbonyl (C=O) groups excluding carboxylic acids is 2. The lowest BCUT2D eigenvalue weighted by molar-refractivity contribution is 0.0527. The van der Waals surface area contributed by atoms with Crippen LogP contribution in [0.1, 0.15) is 27.6 Å². The van der Waals surface area contributed by atoms with Crippen molar-refractivity contribution in [2.24, 2.45) is 0 Å². The number of alkyl halides is 3. The van der Waals surface area contributed by atoms with Gasteiger partial charge in [-0.3, -0.25) is 4.79 Å². The van der Waals surface area contributed by atoms with Gasteiger partial charge in [-0.2, -0.15) is 0 Å². The van der Waals surface area contributed by atoms with E-state index in [0.29, 0.717) is 16.3 Å². The molecule has 0 spiro atoms. The van der Waals surface area contributed by atoms with Crippen LogP contribution in [0.3, 0.4) is 0 Å². The van der Waals surface area contributed by atoms with Gasteiger partial charge in [0.1, 0.15) is 6.17 Å². The van der Waals surface area contributed by atoms with Crippen LogP contribution in [0.25, 0.3) is 0 Å². The summed E-state index contributed by atoms with van der Waals surface area (Å²) in [5, 5.41) is 8.63. The van der Waals surface area contributed by atoms with Gasteiger partial charge in [-0.25, -0.2) is 4.79 Å². The number of hydrogen-bond donors (Lipinski definition) is 3. The predicted octanol–water partition coefficient (Wildman–Crippen LogP) is 4.93. The Bertz CT molecular complexity index is 920. The standard InChI is InChI=1S/C19H17Cl4N3O3S/c1-2-29-16(28)13-5-3-4-6-14(13)24-18(30)26-17(19(21,22)23)25-15(27)11-7-9-12(20)10-8-11/h3-10,17H,2H2,1H3,(H,25,27)(H2,24,26,30). The number of carbonyl (C=O) groups is 2. The molecule has 160 valence electrons. The molecule has 3 N–H and O–H groups in total.